The van der Waals surface area contributed by atoms with E-state index in [2.05, 4.69) is 9.97 Å². The van der Waals surface area contributed by atoms with E-state index in [-0.39, 0.29) is 18.9 Å². The van der Waals surface area contributed by atoms with Gasteiger partial charge in [-0.15, -0.1) is 0 Å². The molecule has 4 aromatic rings. The fourth-order valence-electron chi connectivity index (χ4n) is 2.85. The average molecular weight is 333 g/mol. The lowest BCUT2D eigenvalue weighted by Gasteiger charge is -2.05. The molecule has 4 rings (SSSR count). The van der Waals surface area contributed by atoms with E-state index in [0.717, 1.165) is 21.9 Å². The Labute approximate surface area is 143 Å². The molecule has 0 saturated heterocycles. The Bertz CT molecular complexity index is 1080. The molecule has 0 spiro atoms. The Kier molecular flexibility index (Phi) is 3.78. The number of hydrogen-bond donors (Lipinski definition) is 1. The summed E-state index contributed by atoms with van der Waals surface area (Å²) in [5, 5.41) is 0.823. The van der Waals surface area contributed by atoms with Crippen molar-refractivity contribution >= 4 is 33.7 Å². The number of para-hydroxylation sites is 3. The van der Waals surface area contributed by atoms with Gasteiger partial charge in [-0.3, -0.25) is 9.59 Å². The van der Waals surface area contributed by atoms with Crippen molar-refractivity contribution in [1.82, 2.24) is 14.5 Å². The molecule has 0 unspecified atom stereocenters. The quantitative estimate of drug-likeness (QED) is 0.450. The number of H-pyrrole nitrogens is 1. The van der Waals surface area contributed by atoms with Crippen molar-refractivity contribution in [2.75, 3.05) is 6.61 Å². The lowest BCUT2D eigenvalue weighted by Crippen LogP contribution is -2.18. The molecule has 6 heteroatoms. The third-order valence-corrected chi connectivity index (χ3v) is 4.08. The molecule has 0 fully saturated rings. The maximum atomic E-state index is 12.3. The van der Waals surface area contributed by atoms with Gasteiger partial charge in [0.1, 0.15) is 6.54 Å². The number of Topliss-reactive ketones (excluding diaryl/α,β-unsaturated/α-hetero) is 1. The molecule has 0 amide bonds. The van der Waals surface area contributed by atoms with Gasteiger partial charge in [-0.05, 0) is 18.2 Å². The summed E-state index contributed by atoms with van der Waals surface area (Å²) in [7, 11) is 0. The highest BCUT2D eigenvalue weighted by molar-refractivity contribution is 6.08. The second-order valence-electron chi connectivity index (χ2n) is 5.69. The second-order valence-corrected chi connectivity index (χ2v) is 5.69. The van der Waals surface area contributed by atoms with Gasteiger partial charge in [-0.1, -0.05) is 30.3 Å². The van der Waals surface area contributed by atoms with Gasteiger partial charge in [0.15, 0.2) is 6.61 Å². The van der Waals surface area contributed by atoms with Crippen LogP contribution in [-0.4, -0.2) is 32.9 Å². The van der Waals surface area contributed by atoms with Crippen molar-refractivity contribution in [1.29, 1.82) is 0 Å². The molecule has 0 bridgehead atoms. The minimum Gasteiger partial charge on any atom is -0.456 e. The largest absolute Gasteiger partial charge is 0.456 e. The number of ether oxygens (including phenoxy) is 1. The SMILES string of the molecule is O=C(Cn1cnc2ccccc21)OCC(=O)c1c[nH]c2ccccc12. The average Bonchev–Trinajstić information content (AvgIpc) is 3.24. The van der Waals surface area contributed by atoms with Gasteiger partial charge in [0.2, 0.25) is 5.78 Å². The van der Waals surface area contributed by atoms with Crippen LogP contribution in [0.25, 0.3) is 21.9 Å². The predicted octanol–water partition coefficient (Wildman–Crippen LogP) is 2.94. The van der Waals surface area contributed by atoms with Crippen molar-refractivity contribution in [2.45, 2.75) is 6.54 Å². The number of carbonyl (C=O) groups is 2. The summed E-state index contributed by atoms with van der Waals surface area (Å²) in [5.41, 5.74) is 3.06. The first-order valence-electron chi connectivity index (χ1n) is 7.87. The van der Waals surface area contributed by atoms with Crippen LogP contribution in [0.3, 0.4) is 0 Å². The number of aromatic nitrogens is 3. The summed E-state index contributed by atoms with van der Waals surface area (Å²) in [5.74, 6) is -0.711. The molecule has 0 radical (unpaired) electrons. The summed E-state index contributed by atoms with van der Waals surface area (Å²) in [6, 6.07) is 15.0. The smallest absolute Gasteiger partial charge is 0.326 e. The van der Waals surface area contributed by atoms with Gasteiger partial charge in [-0.25, -0.2) is 4.98 Å². The fourth-order valence-corrected chi connectivity index (χ4v) is 2.85. The molecular formula is C19H15N3O3. The molecule has 0 aliphatic heterocycles. The first kappa shape index (κ1) is 15.1. The van der Waals surface area contributed by atoms with E-state index >= 15 is 0 Å². The Hall–Kier alpha value is -3.41. The minimum atomic E-state index is -0.476. The standard InChI is InChI=1S/C19H15N3O3/c23-18(14-9-20-15-6-2-1-5-13(14)15)11-25-19(24)10-22-12-21-16-7-3-4-8-17(16)22/h1-9,12,20H,10-11H2. The van der Waals surface area contributed by atoms with Gasteiger partial charge >= 0.3 is 5.97 Å². The maximum Gasteiger partial charge on any atom is 0.326 e. The lowest BCUT2D eigenvalue weighted by molar-refractivity contribution is -0.143. The number of fused-ring (bicyclic) bond motifs is 2. The number of esters is 1. The normalized spacial score (nSPS) is 11.0. The van der Waals surface area contributed by atoms with E-state index in [4.69, 9.17) is 4.74 Å². The summed E-state index contributed by atoms with van der Waals surface area (Å²) < 4.78 is 6.85. The molecule has 25 heavy (non-hydrogen) atoms. The molecule has 2 aromatic carbocycles. The number of rotatable bonds is 5. The molecule has 0 aliphatic carbocycles. The van der Waals surface area contributed by atoms with Crippen molar-refractivity contribution in [2.24, 2.45) is 0 Å². The Balaban J connectivity index is 1.42. The van der Waals surface area contributed by atoms with Crippen LogP contribution in [0.4, 0.5) is 0 Å². The number of imidazole rings is 1. The number of benzene rings is 2. The molecule has 2 heterocycles. The molecule has 0 saturated carbocycles. The van der Waals surface area contributed by atoms with Crippen LogP contribution in [-0.2, 0) is 16.1 Å². The Morgan fingerprint density at radius 2 is 1.88 bits per heavy atom. The number of nitrogens with one attached hydrogen (secondary N) is 1. The second kappa shape index (κ2) is 6.24. The monoisotopic (exact) mass is 333 g/mol. The zero-order valence-electron chi connectivity index (χ0n) is 13.3. The summed E-state index contributed by atoms with van der Waals surface area (Å²) >= 11 is 0. The van der Waals surface area contributed by atoms with Crippen LogP contribution in [0.2, 0.25) is 0 Å². The highest BCUT2D eigenvalue weighted by Crippen LogP contribution is 2.18. The van der Waals surface area contributed by atoms with E-state index < -0.39 is 5.97 Å². The molecule has 0 atom stereocenters. The van der Waals surface area contributed by atoms with E-state index in [1.807, 2.05) is 48.5 Å². The Morgan fingerprint density at radius 1 is 1.08 bits per heavy atom. The molecule has 1 N–H and O–H groups in total. The summed E-state index contributed by atoms with van der Waals surface area (Å²) in [6.07, 6.45) is 3.23. The van der Waals surface area contributed by atoms with E-state index in [9.17, 15) is 9.59 Å². The van der Waals surface area contributed by atoms with Gasteiger partial charge in [0.05, 0.1) is 17.4 Å². The van der Waals surface area contributed by atoms with Crippen LogP contribution in [0.5, 0.6) is 0 Å². The first-order chi connectivity index (χ1) is 12.2. The van der Waals surface area contributed by atoms with Gasteiger partial charge in [0.25, 0.3) is 0 Å². The third-order valence-electron chi connectivity index (χ3n) is 4.08. The van der Waals surface area contributed by atoms with Crippen LogP contribution in [0, 0.1) is 0 Å². The van der Waals surface area contributed by atoms with Crippen molar-refractivity contribution < 1.29 is 14.3 Å². The van der Waals surface area contributed by atoms with Crippen molar-refractivity contribution in [3.8, 4) is 0 Å². The molecule has 124 valence electrons. The van der Waals surface area contributed by atoms with Gasteiger partial charge < -0.3 is 14.3 Å². The van der Waals surface area contributed by atoms with Crippen LogP contribution < -0.4 is 0 Å². The predicted molar refractivity (Wildman–Crippen MR) is 93.3 cm³/mol. The molecular weight excluding hydrogens is 318 g/mol. The van der Waals surface area contributed by atoms with Crippen molar-refractivity contribution in [3.63, 3.8) is 0 Å². The van der Waals surface area contributed by atoms with Gasteiger partial charge in [-0.2, -0.15) is 0 Å². The molecule has 0 aliphatic rings. The Morgan fingerprint density at radius 3 is 2.80 bits per heavy atom. The number of nitrogens with zero attached hydrogens (tertiary/aromatic N) is 2. The third kappa shape index (κ3) is 2.89. The molecule has 2 aromatic heterocycles. The zero-order valence-corrected chi connectivity index (χ0v) is 13.3. The highest BCUT2D eigenvalue weighted by Gasteiger charge is 2.15. The van der Waals surface area contributed by atoms with E-state index in [1.165, 1.54) is 0 Å². The van der Waals surface area contributed by atoms with Crippen LogP contribution in [0.15, 0.2) is 61.1 Å². The summed E-state index contributed by atoms with van der Waals surface area (Å²) in [4.78, 5) is 31.6. The summed E-state index contributed by atoms with van der Waals surface area (Å²) in [6.45, 7) is -0.269. The number of hydrogen-bond acceptors (Lipinski definition) is 4. The van der Waals surface area contributed by atoms with Gasteiger partial charge in [0, 0.05) is 22.7 Å². The van der Waals surface area contributed by atoms with Crippen LogP contribution in [0.1, 0.15) is 10.4 Å². The van der Waals surface area contributed by atoms with Crippen LogP contribution >= 0.6 is 0 Å². The highest BCUT2D eigenvalue weighted by atomic mass is 16.5. The minimum absolute atomic E-state index is 0.0156. The number of ketones is 1. The zero-order chi connectivity index (χ0) is 17.2. The number of aromatic amines is 1. The number of carbonyl (C=O) groups excluding carboxylic acids is 2. The topological polar surface area (TPSA) is 77.0 Å². The maximum absolute atomic E-state index is 12.3. The van der Waals surface area contributed by atoms with E-state index in [1.54, 1.807) is 17.1 Å². The lowest BCUT2D eigenvalue weighted by atomic mass is 10.1. The van der Waals surface area contributed by atoms with E-state index in [0.29, 0.717) is 5.56 Å². The van der Waals surface area contributed by atoms with Crippen molar-refractivity contribution in [3.05, 3.63) is 66.6 Å². The first-order valence-corrected chi connectivity index (χ1v) is 7.87. The fraction of sp³-hybridized carbons (Fsp3) is 0.105. The molecule has 6 nitrogen and oxygen atoms in total.